The van der Waals surface area contributed by atoms with Gasteiger partial charge in [-0.25, -0.2) is 4.68 Å². The van der Waals surface area contributed by atoms with E-state index in [1.54, 1.807) is 4.90 Å². The Morgan fingerprint density at radius 3 is 2.50 bits per heavy atom. The molecule has 2 heterocycles. The Bertz CT molecular complexity index is 706. The Balaban J connectivity index is 1.74. The predicted octanol–water partition coefficient (Wildman–Crippen LogP) is 2.40. The minimum atomic E-state index is 0.279. The minimum absolute atomic E-state index is 0.279. The molecule has 7 heteroatoms. The van der Waals surface area contributed by atoms with Gasteiger partial charge in [0.05, 0.1) is 32.2 Å². The maximum atomic E-state index is 6.16. The fraction of sp³-hybridized carbons (Fsp3) is 0.632. The molecule has 0 bridgehead atoms. The number of hydrogen-bond acceptors (Lipinski definition) is 4. The summed E-state index contributed by atoms with van der Waals surface area (Å²) in [6.07, 6.45) is 1.10. The summed E-state index contributed by atoms with van der Waals surface area (Å²) in [6.45, 7) is 13.0. The minimum Gasteiger partial charge on any atom is -0.360 e. The number of anilines is 1. The van der Waals surface area contributed by atoms with Crippen molar-refractivity contribution < 1.29 is 4.90 Å². The maximum absolute atomic E-state index is 6.16. The van der Waals surface area contributed by atoms with Gasteiger partial charge >= 0.3 is 0 Å². The molecule has 1 aromatic heterocycles. The molecule has 26 heavy (non-hydrogen) atoms. The Morgan fingerprint density at radius 1 is 1.15 bits per heavy atom. The van der Waals surface area contributed by atoms with Crippen molar-refractivity contribution >= 4 is 17.3 Å². The zero-order valence-electron chi connectivity index (χ0n) is 16.2. The third kappa shape index (κ3) is 4.35. The number of halogens is 1. The number of nitrogens with zero attached hydrogens (tertiary/aromatic N) is 5. The van der Waals surface area contributed by atoms with Crippen molar-refractivity contribution in [3.8, 4) is 0 Å². The molecule has 1 saturated heterocycles. The van der Waals surface area contributed by atoms with Crippen LogP contribution in [0.4, 0.5) is 5.69 Å². The topological polar surface area (TPSA) is 51.3 Å². The van der Waals surface area contributed by atoms with Crippen LogP contribution >= 0.6 is 11.6 Å². The van der Waals surface area contributed by atoms with Gasteiger partial charge in [0.1, 0.15) is 6.04 Å². The monoisotopic (exact) mass is 377 g/mol. The van der Waals surface area contributed by atoms with E-state index < -0.39 is 0 Å². The fourth-order valence-corrected chi connectivity index (χ4v) is 3.98. The maximum Gasteiger partial charge on any atom is 0.209 e. The van der Waals surface area contributed by atoms with Gasteiger partial charge in [0.2, 0.25) is 5.82 Å². The van der Waals surface area contributed by atoms with Gasteiger partial charge in [-0.1, -0.05) is 31.5 Å². The van der Waals surface area contributed by atoms with Crippen LogP contribution in [0.2, 0.25) is 5.02 Å². The molecular weight excluding hydrogens is 348 g/mol. The number of quaternary nitrogens is 1. The van der Waals surface area contributed by atoms with Crippen molar-refractivity contribution in [1.82, 2.24) is 20.2 Å². The van der Waals surface area contributed by atoms with E-state index in [9.17, 15) is 0 Å². The molecular formula is C19H30ClN6+. The van der Waals surface area contributed by atoms with Crippen molar-refractivity contribution in [2.75, 3.05) is 31.1 Å². The molecule has 1 aromatic carbocycles. The first-order chi connectivity index (χ1) is 12.5. The van der Waals surface area contributed by atoms with Crippen LogP contribution in [0.1, 0.15) is 52.0 Å². The zero-order valence-corrected chi connectivity index (χ0v) is 16.9. The quantitative estimate of drug-likeness (QED) is 0.839. The van der Waals surface area contributed by atoms with Crippen LogP contribution in [0, 0.1) is 5.92 Å². The Hall–Kier alpha value is -1.66. The number of hydrogen-bond donors (Lipinski definition) is 1. The molecule has 1 atom stereocenters. The first-order valence-corrected chi connectivity index (χ1v) is 9.96. The first kappa shape index (κ1) is 19.1. The SMILES string of the molecule is CC(C)C[C@H](c1nnnn1C(C)C)[NH+]1CCN(c2cccc(Cl)c2)CC1. The molecule has 1 N–H and O–H groups in total. The summed E-state index contributed by atoms with van der Waals surface area (Å²) in [5, 5.41) is 13.4. The summed E-state index contributed by atoms with van der Waals surface area (Å²) in [4.78, 5) is 4.00. The number of nitrogens with one attached hydrogen (secondary N) is 1. The van der Waals surface area contributed by atoms with Gasteiger partial charge in [0.15, 0.2) is 0 Å². The second kappa shape index (κ2) is 8.35. The van der Waals surface area contributed by atoms with E-state index in [1.807, 2.05) is 16.8 Å². The van der Waals surface area contributed by atoms with Gasteiger partial charge in [0, 0.05) is 17.1 Å². The van der Waals surface area contributed by atoms with Gasteiger partial charge < -0.3 is 9.80 Å². The molecule has 1 fully saturated rings. The summed E-state index contributed by atoms with van der Waals surface area (Å²) >= 11 is 6.16. The summed E-state index contributed by atoms with van der Waals surface area (Å²) < 4.78 is 1.99. The number of piperazine rings is 1. The molecule has 0 amide bonds. The highest BCUT2D eigenvalue weighted by Gasteiger charge is 2.33. The van der Waals surface area contributed by atoms with Crippen LogP contribution in [0.25, 0.3) is 0 Å². The van der Waals surface area contributed by atoms with Crippen LogP contribution in [-0.2, 0) is 0 Å². The summed E-state index contributed by atoms with van der Waals surface area (Å²) in [7, 11) is 0. The van der Waals surface area contributed by atoms with Crippen molar-refractivity contribution in [3.63, 3.8) is 0 Å². The predicted molar refractivity (Wildman–Crippen MR) is 105 cm³/mol. The highest BCUT2D eigenvalue weighted by Crippen LogP contribution is 2.21. The third-order valence-corrected chi connectivity index (χ3v) is 5.33. The molecule has 1 aliphatic heterocycles. The summed E-state index contributed by atoms with van der Waals surface area (Å²) in [6, 6.07) is 8.77. The number of benzene rings is 1. The van der Waals surface area contributed by atoms with Crippen LogP contribution < -0.4 is 9.80 Å². The van der Waals surface area contributed by atoms with Gasteiger partial charge in [-0.05, 0) is 48.4 Å². The second-order valence-electron chi connectivity index (χ2n) is 7.88. The average Bonchev–Trinajstić information content (AvgIpc) is 3.09. The molecule has 0 unspecified atom stereocenters. The van der Waals surface area contributed by atoms with Crippen molar-refractivity contribution in [1.29, 1.82) is 0 Å². The molecule has 2 aromatic rings. The van der Waals surface area contributed by atoms with E-state index >= 15 is 0 Å². The lowest BCUT2D eigenvalue weighted by molar-refractivity contribution is -0.934. The third-order valence-electron chi connectivity index (χ3n) is 5.10. The molecule has 0 aliphatic carbocycles. The smallest absolute Gasteiger partial charge is 0.209 e. The van der Waals surface area contributed by atoms with Crippen LogP contribution in [0.3, 0.4) is 0 Å². The Morgan fingerprint density at radius 2 is 1.88 bits per heavy atom. The summed E-state index contributed by atoms with van der Waals surface area (Å²) in [5.41, 5.74) is 1.21. The van der Waals surface area contributed by atoms with Crippen LogP contribution in [0.5, 0.6) is 0 Å². The summed E-state index contributed by atoms with van der Waals surface area (Å²) in [5.74, 6) is 1.63. The molecule has 0 spiro atoms. The van der Waals surface area contributed by atoms with E-state index in [1.165, 1.54) is 5.69 Å². The first-order valence-electron chi connectivity index (χ1n) is 9.58. The standard InChI is InChI=1S/C19H29ClN6/c1-14(2)12-18(19-21-22-23-26(19)15(3)4)25-10-8-24(9-11-25)17-7-5-6-16(20)13-17/h5-7,13-15,18H,8-12H2,1-4H3/p+1/t18-/m1/s1. The number of aromatic nitrogens is 4. The molecule has 0 radical (unpaired) electrons. The van der Waals surface area contributed by atoms with Crippen molar-refractivity contribution in [2.24, 2.45) is 5.92 Å². The van der Waals surface area contributed by atoms with Gasteiger partial charge in [0.25, 0.3) is 0 Å². The highest BCUT2D eigenvalue weighted by molar-refractivity contribution is 6.30. The molecule has 142 valence electrons. The number of tetrazole rings is 1. The molecule has 3 rings (SSSR count). The average molecular weight is 378 g/mol. The van der Waals surface area contributed by atoms with Crippen molar-refractivity contribution in [2.45, 2.75) is 46.2 Å². The molecule has 6 nitrogen and oxygen atoms in total. The van der Waals surface area contributed by atoms with E-state index in [4.69, 9.17) is 11.6 Å². The lowest BCUT2D eigenvalue weighted by atomic mass is 10.0. The largest absolute Gasteiger partial charge is 0.360 e. The number of rotatable bonds is 6. The van der Waals surface area contributed by atoms with Gasteiger partial charge in [-0.15, -0.1) is 5.10 Å². The Labute approximate surface area is 161 Å². The lowest BCUT2D eigenvalue weighted by Crippen LogP contribution is -3.15. The van der Waals surface area contributed by atoms with E-state index in [0.717, 1.165) is 43.4 Å². The molecule has 0 saturated carbocycles. The zero-order chi connectivity index (χ0) is 18.7. The van der Waals surface area contributed by atoms with Gasteiger partial charge in [-0.2, -0.15) is 0 Å². The Kier molecular flexibility index (Phi) is 6.14. The van der Waals surface area contributed by atoms with E-state index in [-0.39, 0.29) is 6.04 Å². The van der Waals surface area contributed by atoms with Gasteiger partial charge in [-0.3, -0.25) is 0 Å². The fourth-order valence-electron chi connectivity index (χ4n) is 3.80. The highest BCUT2D eigenvalue weighted by atomic mass is 35.5. The van der Waals surface area contributed by atoms with E-state index in [2.05, 4.69) is 60.3 Å². The van der Waals surface area contributed by atoms with Crippen LogP contribution in [0.15, 0.2) is 24.3 Å². The normalized spacial score (nSPS) is 17.3. The second-order valence-corrected chi connectivity index (χ2v) is 8.32. The van der Waals surface area contributed by atoms with Crippen LogP contribution in [-0.4, -0.2) is 46.4 Å². The van der Waals surface area contributed by atoms with Crippen molar-refractivity contribution in [3.05, 3.63) is 35.1 Å². The lowest BCUT2D eigenvalue weighted by Gasteiger charge is -2.37. The molecule has 1 aliphatic rings. The van der Waals surface area contributed by atoms with E-state index in [0.29, 0.717) is 12.0 Å².